The van der Waals surface area contributed by atoms with Crippen molar-refractivity contribution in [2.24, 2.45) is 0 Å². The summed E-state index contributed by atoms with van der Waals surface area (Å²) >= 11 is 6.08. The third-order valence-corrected chi connectivity index (χ3v) is 5.54. The monoisotopic (exact) mass is 518 g/mol. The lowest BCUT2D eigenvalue weighted by molar-refractivity contribution is 0.289. The quantitative estimate of drug-likeness (QED) is 0.344. The van der Waals surface area contributed by atoms with E-state index in [4.69, 9.17) is 25.8 Å². The van der Waals surface area contributed by atoms with Gasteiger partial charge in [-0.1, -0.05) is 23.7 Å². The van der Waals surface area contributed by atoms with Gasteiger partial charge in [0.2, 0.25) is 17.6 Å². The number of aromatic nitrogens is 4. The molecule has 2 aromatic carbocycles. The number of nitrogens with one attached hydrogen (secondary N) is 1. The standard InChI is InChI=1S/C26H23ClN6O4/c1-16-23(37-22-9-18(11-28)8-20(27)10-22)25(34)33(15-31-16)13-19-12-30-26(29-2)32-24(19)36-14-17-4-6-21(35-3)7-5-17/h4-10,12,15H,13-14H2,1-3H3,(H,29,30,32). The Kier molecular flexibility index (Phi) is 7.86. The van der Waals surface area contributed by atoms with Gasteiger partial charge in [0.1, 0.15) is 18.1 Å². The average Bonchev–Trinajstić information content (AvgIpc) is 2.91. The van der Waals surface area contributed by atoms with Gasteiger partial charge in [0.05, 0.1) is 42.9 Å². The first-order valence-corrected chi connectivity index (χ1v) is 11.5. The molecule has 0 aliphatic rings. The van der Waals surface area contributed by atoms with Gasteiger partial charge in [-0.05, 0) is 42.8 Å². The number of aryl methyl sites for hydroxylation is 1. The number of nitriles is 1. The number of methoxy groups -OCH3 is 1. The fraction of sp³-hybridized carbons (Fsp3) is 0.192. The molecule has 0 fully saturated rings. The number of hydrogen-bond acceptors (Lipinski definition) is 9. The topological polar surface area (TPSA) is 124 Å². The number of anilines is 1. The van der Waals surface area contributed by atoms with E-state index in [0.717, 1.165) is 11.3 Å². The zero-order valence-corrected chi connectivity index (χ0v) is 21.1. The molecule has 0 aliphatic heterocycles. The van der Waals surface area contributed by atoms with E-state index in [1.807, 2.05) is 30.3 Å². The van der Waals surface area contributed by atoms with Crippen LogP contribution in [0.4, 0.5) is 5.95 Å². The molecule has 1 N–H and O–H groups in total. The molecule has 0 atom stereocenters. The maximum absolute atomic E-state index is 13.3. The van der Waals surface area contributed by atoms with Crippen LogP contribution in [0.5, 0.6) is 23.1 Å². The molecule has 10 nitrogen and oxygen atoms in total. The molecule has 4 rings (SSSR count). The lowest BCUT2D eigenvalue weighted by Gasteiger charge is -2.14. The zero-order chi connectivity index (χ0) is 26.4. The van der Waals surface area contributed by atoms with E-state index in [1.54, 1.807) is 27.3 Å². The highest BCUT2D eigenvalue weighted by molar-refractivity contribution is 6.30. The summed E-state index contributed by atoms with van der Waals surface area (Å²) in [5, 5.41) is 12.4. The van der Waals surface area contributed by atoms with Crippen molar-refractivity contribution in [2.75, 3.05) is 19.5 Å². The van der Waals surface area contributed by atoms with E-state index >= 15 is 0 Å². The van der Waals surface area contributed by atoms with Crippen molar-refractivity contribution >= 4 is 17.5 Å². The van der Waals surface area contributed by atoms with E-state index in [0.29, 0.717) is 33.7 Å². The molecule has 188 valence electrons. The maximum Gasteiger partial charge on any atom is 0.296 e. The lowest BCUT2D eigenvalue weighted by atomic mass is 10.2. The molecule has 4 aromatic rings. The van der Waals surface area contributed by atoms with Gasteiger partial charge in [-0.3, -0.25) is 9.36 Å². The van der Waals surface area contributed by atoms with Gasteiger partial charge >= 0.3 is 0 Å². The van der Waals surface area contributed by atoms with Gasteiger partial charge in [-0.2, -0.15) is 10.2 Å². The summed E-state index contributed by atoms with van der Waals surface area (Å²) in [7, 11) is 3.31. The highest BCUT2D eigenvalue weighted by Gasteiger charge is 2.16. The SMILES string of the molecule is CNc1ncc(Cn2cnc(C)c(Oc3cc(Cl)cc(C#N)c3)c2=O)c(OCc2ccc(OC)cc2)n1. The van der Waals surface area contributed by atoms with Crippen molar-refractivity contribution in [1.29, 1.82) is 5.26 Å². The fourth-order valence-corrected chi connectivity index (χ4v) is 3.61. The average molecular weight is 519 g/mol. The predicted octanol–water partition coefficient (Wildman–Crippen LogP) is 4.34. The summed E-state index contributed by atoms with van der Waals surface area (Å²) in [6.45, 7) is 2.00. The summed E-state index contributed by atoms with van der Waals surface area (Å²) in [4.78, 5) is 26.3. The third-order valence-electron chi connectivity index (χ3n) is 5.32. The van der Waals surface area contributed by atoms with Gasteiger partial charge in [0.15, 0.2) is 0 Å². The summed E-state index contributed by atoms with van der Waals surface area (Å²) in [5.41, 5.74) is 1.76. The molecule has 0 bridgehead atoms. The second kappa shape index (κ2) is 11.4. The molecule has 0 spiro atoms. The number of hydrogen-bond donors (Lipinski definition) is 1. The van der Waals surface area contributed by atoms with Crippen molar-refractivity contribution in [3.63, 3.8) is 0 Å². The molecule has 11 heteroatoms. The van der Waals surface area contributed by atoms with Gasteiger partial charge < -0.3 is 19.5 Å². The Balaban J connectivity index is 1.61. The largest absolute Gasteiger partial charge is 0.497 e. The van der Waals surface area contributed by atoms with Gasteiger partial charge in [0.25, 0.3) is 5.56 Å². The first-order chi connectivity index (χ1) is 17.9. The van der Waals surface area contributed by atoms with Gasteiger partial charge in [-0.25, -0.2) is 9.97 Å². The van der Waals surface area contributed by atoms with Gasteiger partial charge in [0, 0.05) is 18.3 Å². The molecule has 2 aromatic heterocycles. The maximum atomic E-state index is 13.3. The van der Waals surface area contributed by atoms with Crippen molar-refractivity contribution in [3.8, 4) is 29.2 Å². The number of nitrogens with zero attached hydrogens (tertiary/aromatic N) is 5. The molecule has 0 saturated heterocycles. The van der Waals surface area contributed by atoms with Crippen molar-refractivity contribution in [1.82, 2.24) is 19.5 Å². The van der Waals surface area contributed by atoms with Crippen LogP contribution in [0, 0.1) is 18.3 Å². The second-order valence-corrected chi connectivity index (χ2v) is 8.33. The normalized spacial score (nSPS) is 10.5. The van der Waals surface area contributed by atoms with Crippen LogP contribution in [0.15, 0.2) is 59.8 Å². The van der Waals surface area contributed by atoms with Crippen LogP contribution in [0.3, 0.4) is 0 Å². The van der Waals surface area contributed by atoms with E-state index in [2.05, 4.69) is 20.3 Å². The molecule has 0 amide bonds. The van der Waals surface area contributed by atoms with Crippen LogP contribution in [-0.4, -0.2) is 33.7 Å². The van der Waals surface area contributed by atoms with Crippen LogP contribution >= 0.6 is 11.6 Å². The van der Waals surface area contributed by atoms with Crippen LogP contribution < -0.4 is 25.1 Å². The number of ether oxygens (including phenoxy) is 3. The number of benzene rings is 2. The highest BCUT2D eigenvalue weighted by atomic mass is 35.5. The predicted molar refractivity (Wildman–Crippen MR) is 137 cm³/mol. The Labute approximate surface area is 218 Å². The zero-order valence-electron chi connectivity index (χ0n) is 20.4. The van der Waals surface area contributed by atoms with E-state index in [-0.39, 0.29) is 24.7 Å². The molecular weight excluding hydrogens is 496 g/mol. The molecule has 0 saturated carbocycles. The highest BCUT2D eigenvalue weighted by Crippen LogP contribution is 2.26. The minimum atomic E-state index is -0.426. The molecule has 37 heavy (non-hydrogen) atoms. The van der Waals surface area contributed by atoms with Crippen molar-refractivity contribution in [2.45, 2.75) is 20.1 Å². The molecule has 0 unspecified atom stereocenters. The summed E-state index contributed by atoms with van der Waals surface area (Å²) in [5.74, 6) is 1.71. The first-order valence-electron chi connectivity index (χ1n) is 11.1. The second-order valence-electron chi connectivity index (χ2n) is 7.89. The van der Waals surface area contributed by atoms with E-state index in [9.17, 15) is 10.1 Å². The Bertz CT molecular complexity index is 1520. The molecule has 0 radical (unpaired) electrons. The van der Waals surface area contributed by atoms with Crippen LogP contribution in [0.25, 0.3) is 0 Å². The van der Waals surface area contributed by atoms with Crippen LogP contribution in [0.2, 0.25) is 5.02 Å². The van der Waals surface area contributed by atoms with Crippen LogP contribution in [-0.2, 0) is 13.2 Å². The minimum Gasteiger partial charge on any atom is -0.497 e. The number of rotatable bonds is 9. The fourth-order valence-electron chi connectivity index (χ4n) is 3.39. The smallest absolute Gasteiger partial charge is 0.296 e. The van der Waals surface area contributed by atoms with Crippen LogP contribution in [0.1, 0.15) is 22.4 Å². The van der Waals surface area contributed by atoms with Gasteiger partial charge in [-0.15, -0.1) is 0 Å². The Morgan fingerprint density at radius 3 is 2.62 bits per heavy atom. The molecule has 2 heterocycles. The van der Waals surface area contributed by atoms with Crippen molar-refractivity contribution in [3.05, 3.63) is 92.7 Å². The Hall–Kier alpha value is -4.62. The number of halogens is 1. The Morgan fingerprint density at radius 1 is 1.14 bits per heavy atom. The van der Waals surface area contributed by atoms with E-state index in [1.165, 1.54) is 29.1 Å². The third kappa shape index (κ3) is 6.15. The van der Waals surface area contributed by atoms with Crippen molar-refractivity contribution < 1.29 is 14.2 Å². The molecular formula is C26H23ClN6O4. The minimum absolute atomic E-state index is 0.0159. The summed E-state index contributed by atoms with van der Waals surface area (Å²) in [6.07, 6.45) is 3.01. The van der Waals surface area contributed by atoms with E-state index < -0.39 is 5.56 Å². The lowest BCUT2D eigenvalue weighted by Crippen LogP contribution is -2.24. The Morgan fingerprint density at radius 2 is 1.92 bits per heavy atom. The first kappa shape index (κ1) is 25.5. The summed E-state index contributed by atoms with van der Waals surface area (Å²) in [6, 6.07) is 14.0. The molecule has 0 aliphatic carbocycles. The summed E-state index contributed by atoms with van der Waals surface area (Å²) < 4.78 is 18.4.